The van der Waals surface area contributed by atoms with Crippen LogP contribution in [-0.2, 0) is 11.3 Å². The number of aromatic nitrogens is 2. The highest BCUT2D eigenvalue weighted by Crippen LogP contribution is 2.20. The third kappa shape index (κ3) is 3.60. The van der Waals surface area contributed by atoms with Crippen molar-refractivity contribution in [2.45, 2.75) is 26.8 Å². The SMILES string of the molecule is Cc1nn(CCC(=O)Nc2ccc(F)c(N)c2)c(C)c1Br. The van der Waals surface area contributed by atoms with Gasteiger partial charge in [-0.15, -0.1) is 0 Å². The van der Waals surface area contributed by atoms with E-state index < -0.39 is 5.82 Å². The lowest BCUT2D eigenvalue weighted by molar-refractivity contribution is -0.116. The quantitative estimate of drug-likeness (QED) is 0.828. The molecule has 2 aromatic rings. The largest absolute Gasteiger partial charge is 0.396 e. The first kappa shape index (κ1) is 15.5. The summed E-state index contributed by atoms with van der Waals surface area (Å²) in [5, 5.41) is 7.02. The second-order valence-electron chi connectivity index (χ2n) is 4.74. The van der Waals surface area contributed by atoms with Gasteiger partial charge in [-0.3, -0.25) is 9.48 Å². The van der Waals surface area contributed by atoms with Crippen LogP contribution in [0.3, 0.4) is 0 Å². The van der Waals surface area contributed by atoms with E-state index in [4.69, 9.17) is 5.73 Å². The van der Waals surface area contributed by atoms with E-state index in [1.807, 2.05) is 13.8 Å². The number of nitrogen functional groups attached to an aromatic ring is 1. The molecule has 3 N–H and O–H groups in total. The molecule has 0 aliphatic carbocycles. The minimum atomic E-state index is -0.500. The second kappa shape index (κ2) is 6.26. The molecule has 112 valence electrons. The van der Waals surface area contributed by atoms with Crippen LogP contribution in [0, 0.1) is 19.7 Å². The zero-order valence-corrected chi connectivity index (χ0v) is 13.4. The predicted molar refractivity (Wildman–Crippen MR) is 83.5 cm³/mol. The van der Waals surface area contributed by atoms with Gasteiger partial charge in [0.1, 0.15) is 5.82 Å². The number of carbonyl (C=O) groups excluding carboxylic acids is 1. The maximum atomic E-state index is 13.0. The summed E-state index contributed by atoms with van der Waals surface area (Å²) in [5.74, 6) is -0.676. The average Bonchev–Trinajstić information content (AvgIpc) is 2.68. The van der Waals surface area contributed by atoms with Gasteiger partial charge in [-0.25, -0.2) is 4.39 Å². The van der Waals surface area contributed by atoms with Gasteiger partial charge in [0.25, 0.3) is 0 Å². The van der Waals surface area contributed by atoms with Crippen LogP contribution >= 0.6 is 15.9 Å². The molecule has 0 bridgehead atoms. The molecule has 0 spiro atoms. The molecule has 1 amide bonds. The number of rotatable bonds is 4. The van der Waals surface area contributed by atoms with Gasteiger partial charge in [0.15, 0.2) is 0 Å². The van der Waals surface area contributed by atoms with Gasteiger partial charge in [0.2, 0.25) is 5.91 Å². The van der Waals surface area contributed by atoms with Crippen molar-refractivity contribution in [3.05, 3.63) is 39.9 Å². The molecule has 1 aromatic heterocycles. The topological polar surface area (TPSA) is 72.9 Å². The van der Waals surface area contributed by atoms with Crippen molar-refractivity contribution in [1.29, 1.82) is 0 Å². The molecule has 0 atom stereocenters. The number of amides is 1. The first-order valence-corrected chi connectivity index (χ1v) is 7.22. The van der Waals surface area contributed by atoms with Gasteiger partial charge in [-0.1, -0.05) is 0 Å². The number of aryl methyl sites for hydroxylation is 2. The van der Waals surface area contributed by atoms with Crippen LogP contribution in [0.25, 0.3) is 0 Å². The van der Waals surface area contributed by atoms with Gasteiger partial charge >= 0.3 is 0 Å². The molecule has 0 aliphatic rings. The fourth-order valence-corrected chi connectivity index (χ4v) is 2.23. The van der Waals surface area contributed by atoms with E-state index in [-0.39, 0.29) is 18.0 Å². The highest BCUT2D eigenvalue weighted by atomic mass is 79.9. The number of benzene rings is 1. The van der Waals surface area contributed by atoms with E-state index in [0.29, 0.717) is 12.2 Å². The average molecular weight is 355 g/mol. The Kier molecular flexibility index (Phi) is 4.62. The standard InChI is InChI=1S/C14H16BrFN4O/c1-8-14(15)9(2)20(19-8)6-5-13(21)18-10-3-4-11(16)12(17)7-10/h3-4,7H,5-6,17H2,1-2H3,(H,18,21). The lowest BCUT2D eigenvalue weighted by atomic mass is 10.2. The lowest BCUT2D eigenvalue weighted by Crippen LogP contribution is -2.15. The van der Waals surface area contributed by atoms with Crippen molar-refractivity contribution in [2.75, 3.05) is 11.1 Å². The summed E-state index contributed by atoms with van der Waals surface area (Å²) in [5.41, 5.74) is 7.81. The molecule has 0 radical (unpaired) electrons. The Hall–Kier alpha value is -1.89. The first-order chi connectivity index (χ1) is 9.88. The summed E-state index contributed by atoms with van der Waals surface area (Å²) in [7, 11) is 0. The second-order valence-corrected chi connectivity index (χ2v) is 5.54. The van der Waals surface area contributed by atoms with Gasteiger partial charge in [0.05, 0.1) is 22.4 Å². The molecule has 0 unspecified atom stereocenters. The first-order valence-electron chi connectivity index (χ1n) is 6.43. The van der Waals surface area contributed by atoms with Crippen molar-refractivity contribution in [2.24, 2.45) is 0 Å². The molecule has 0 saturated carbocycles. The maximum absolute atomic E-state index is 13.0. The summed E-state index contributed by atoms with van der Waals surface area (Å²) < 4.78 is 15.8. The van der Waals surface area contributed by atoms with Crippen LogP contribution in [0.15, 0.2) is 22.7 Å². The maximum Gasteiger partial charge on any atom is 0.226 e. The van der Waals surface area contributed by atoms with Crippen molar-refractivity contribution in [3.8, 4) is 0 Å². The Bertz CT molecular complexity index is 684. The summed E-state index contributed by atoms with van der Waals surface area (Å²) in [6.07, 6.45) is 0.270. The van der Waals surface area contributed by atoms with E-state index in [9.17, 15) is 9.18 Å². The van der Waals surface area contributed by atoms with Crippen LogP contribution in [0.1, 0.15) is 17.8 Å². The van der Waals surface area contributed by atoms with E-state index in [0.717, 1.165) is 15.9 Å². The number of halogens is 2. The van der Waals surface area contributed by atoms with Gasteiger partial charge in [-0.2, -0.15) is 5.10 Å². The molecule has 2 rings (SSSR count). The fourth-order valence-electron chi connectivity index (χ4n) is 1.95. The normalized spacial score (nSPS) is 10.7. The van der Waals surface area contributed by atoms with Crippen LogP contribution in [0.4, 0.5) is 15.8 Å². The van der Waals surface area contributed by atoms with Gasteiger partial charge in [-0.05, 0) is 48.0 Å². The van der Waals surface area contributed by atoms with Crippen molar-refractivity contribution in [1.82, 2.24) is 9.78 Å². The highest BCUT2D eigenvalue weighted by molar-refractivity contribution is 9.10. The molecule has 21 heavy (non-hydrogen) atoms. The van der Waals surface area contributed by atoms with Gasteiger partial charge < -0.3 is 11.1 Å². The fraction of sp³-hybridized carbons (Fsp3) is 0.286. The summed E-state index contributed by atoms with van der Waals surface area (Å²) in [6, 6.07) is 4.10. The molecule has 0 aliphatic heterocycles. The highest BCUT2D eigenvalue weighted by Gasteiger charge is 2.10. The molecule has 0 fully saturated rings. The Morgan fingerprint density at radius 3 is 2.76 bits per heavy atom. The third-order valence-corrected chi connectivity index (χ3v) is 4.27. The van der Waals surface area contributed by atoms with Crippen LogP contribution in [0.2, 0.25) is 0 Å². The minimum Gasteiger partial charge on any atom is -0.396 e. The number of carbonyl (C=O) groups is 1. The smallest absolute Gasteiger partial charge is 0.226 e. The van der Waals surface area contributed by atoms with Crippen LogP contribution in [0.5, 0.6) is 0 Å². The molecule has 7 heteroatoms. The Morgan fingerprint density at radius 2 is 2.19 bits per heavy atom. The zero-order chi connectivity index (χ0) is 15.6. The molecular formula is C14H16BrFN4O. The summed E-state index contributed by atoms with van der Waals surface area (Å²) in [4.78, 5) is 11.9. The number of hydrogen-bond donors (Lipinski definition) is 2. The number of nitrogens with zero attached hydrogens (tertiary/aromatic N) is 2. The van der Waals surface area contributed by atoms with Gasteiger partial charge in [0, 0.05) is 17.8 Å². The Morgan fingerprint density at radius 1 is 1.48 bits per heavy atom. The van der Waals surface area contributed by atoms with Crippen LogP contribution in [-0.4, -0.2) is 15.7 Å². The predicted octanol–water partition coefficient (Wildman–Crippen LogP) is 3.01. The zero-order valence-electron chi connectivity index (χ0n) is 11.8. The summed E-state index contributed by atoms with van der Waals surface area (Å²) >= 11 is 3.44. The van der Waals surface area contributed by atoms with Crippen molar-refractivity contribution < 1.29 is 9.18 Å². The number of anilines is 2. The molecule has 1 heterocycles. The number of nitrogens with two attached hydrogens (primary N) is 1. The van der Waals surface area contributed by atoms with E-state index in [1.54, 1.807) is 4.68 Å². The Balaban J connectivity index is 1.95. The monoisotopic (exact) mass is 354 g/mol. The van der Waals surface area contributed by atoms with E-state index in [2.05, 4.69) is 26.3 Å². The molecule has 5 nitrogen and oxygen atoms in total. The molecule has 0 saturated heterocycles. The van der Waals surface area contributed by atoms with Crippen molar-refractivity contribution in [3.63, 3.8) is 0 Å². The van der Waals surface area contributed by atoms with Crippen molar-refractivity contribution >= 4 is 33.2 Å². The lowest BCUT2D eigenvalue weighted by Gasteiger charge is -2.07. The summed E-state index contributed by atoms with van der Waals surface area (Å²) in [6.45, 7) is 4.30. The minimum absolute atomic E-state index is 0.00951. The van der Waals surface area contributed by atoms with E-state index >= 15 is 0 Å². The Labute approximate surface area is 130 Å². The number of hydrogen-bond acceptors (Lipinski definition) is 3. The van der Waals surface area contributed by atoms with Crippen LogP contribution < -0.4 is 11.1 Å². The van der Waals surface area contributed by atoms with E-state index in [1.165, 1.54) is 18.2 Å². The third-order valence-electron chi connectivity index (χ3n) is 3.12. The number of nitrogens with one attached hydrogen (secondary N) is 1. The molecule has 1 aromatic carbocycles. The molecular weight excluding hydrogens is 339 g/mol.